The van der Waals surface area contributed by atoms with Gasteiger partial charge in [0.2, 0.25) is 0 Å². The molecular weight excluding hydrogens is 270 g/mol. The van der Waals surface area contributed by atoms with Crippen molar-refractivity contribution >= 4 is 17.2 Å². The highest BCUT2D eigenvalue weighted by Gasteiger charge is 2.14. The number of benzene rings is 1. The fraction of sp³-hybridized carbons (Fsp3) is 0.188. The molecule has 3 aromatic rings. The van der Waals surface area contributed by atoms with Gasteiger partial charge in [-0.05, 0) is 31.5 Å². The van der Waals surface area contributed by atoms with Gasteiger partial charge in [0.15, 0.2) is 5.65 Å². The van der Waals surface area contributed by atoms with Gasteiger partial charge in [-0.15, -0.1) is 0 Å². The van der Waals surface area contributed by atoms with Crippen LogP contribution >= 0.6 is 11.6 Å². The highest BCUT2D eigenvalue weighted by atomic mass is 35.5. The average molecular weight is 286 g/mol. The first-order valence-electron chi connectivity index (χ1n) is 6.72. The van der Waals surface area contributed by atoms with E-state index in [9.17, 15) is 0 Å². The summed E-state index contributed by atoms with van der Waals surface area (Å²) < 4.78 is 2.07. The van der Waals surface area contributed by atoms with Crippen molar-refractivity contribution in [2.45, 2.75) is 12.8 Å². The molecule has 20 heavy (non-hydrogen) atoms. The van der Waals surface area contributed by atoms with Crippen LogP contribution in [0.4, 0.5) is 0 Å². The molecule has 3 rings (SSSR count). The Morgan fingerprint density at radius 2 is 1.90 bits per heavy atom. The van der Waals surface area contributed by atoms with Crippen molar-refractivity contribution in [3.05, 3.63) is 59.4 Å². The highest BCUT2D eigenvalue weighted by Crippen LogP contribution is 2.28. The largest absolute Gasteiger partial charge is 0.330 e. The van der Waals surface area contributed by atoms with E-state index in [4.69, 9.17) is 22.3 Å². The maximum absolute atomic E-state index is 6.26. The second-order valence-electron chi connectivity index (χ2n) is 4.72. The van der Waals surface area contributed by atoms with Crippen molar-refractivity contribution in [3.8, 4) is 11.3 Å². The van der Waals surface area contributed by atoms with Crippen LogP contribution in [0.15, 0.2) is 48.7 Å². The lowest BCUT2D eigenvalue weighted by Crippen LogP contribution is -2.03. The Morgan fingerprint density at radius 3 is 2.65 bits per heavy atom. The van der Waals surface area contributed by atoms with E-state index in [1.807, 2.05) is 36.5 Å². The Balaban J connectivity index is 2.22. The van der Waals surface area contributed by atoms with Gasteiger partial charge >= 0.3 is 0 Å². The van der Waals surface area contributed by atoms with E-state index in [0.717, 1.165) is 29.7 Å². The van der Waals surface area contributed by atoms with E-state index in [1.165, 1.54) is 5.69 Å². The molecule has 0 spiro atoms. The Labute approximate surface area is 123 Å². The lowest BCUT2D eigenvalue weighted by atomic mass is 10.1. The third-order valence-corrected chi connectivity index (χ3v) is 3.66. The molecule has 4 heteroatoms. The van der Waals surface area contributed by atoms with E-state index in [0.29, 0.717) is 11.6 Å². The van der Waals surface area contributed by atoms with Crippen molar-refractivity contribution < 1.29 is 0 Å². The van der Waals surface area contributed by atoms with Crippen LogP contribution < -0.4 is 5.73 Å². The zero-order valence-electron chi connectivity index (χ0n) is 11.1. The lowest BCUT2D eigenvalue weighted by molar-refractivity contribution is 0.804. The van der Waals surface area contributed by atoms with E-state index >= 15 is 0 Å². The molecule has 0 radical (unpaired) electrons. The number of nitrogens with zero attached hydrogens (tertiary/aromatic N) is 2. The number of halogens is 1. The van der Waals surface area contributed by atoms with Gasteiger partial charge in [-0.2, -0.15) is 0 Å². The number of nitrogens with two attached hydrogens (primary N) is 1. The number of imidazole rings is 1. The molecule has 0 saturated carbocycles. The Kier molecular flexibility index (Phi) is 3.72. The first-order chi connectivity index (χ1) is 9.81. The third kappa shape index (κ3) is 2.30. The smallest absolute Gasteiger partial charge is 0.156 e. The molecule has 0 bridgehead atoms. The van der Waals surface area contributed by atoms with Gasteiger partial charge in [0.25, 0.3) is 0 Å². The number of hydrogen-bond acceptors (Lipinski definition) is 2. The van der Waals surface area contributed by atoms with Crippen molar-refractivity contribution in [3.63, 3.8) is 0 Å². The predicted molar refractivity (Wildman–Crippen MR) is 83.0 cm³/mol. The van der Waals surface area contributed by atoms with Gasteiger partial charge in [-0.3, -0.25) is 0 Å². The molecular formula is C16H16ClN3. The minimum Gasteiger partial charge on any atom is -0.330 e. The fourth-order valence-electron chi connectivity index (χ4n) is 2.42. The molecule has 0 aliphatic carbocycles. The van der Waals surface area contributed by atoms with Crippen LogP contribution in [-0.2, 0) is 6.42 Å². The van der Waals surface area contributed by atoms with Crippen LogP contribution in [0.1, 0.15) is 12.1 Å². The van der Waals surface area contributed by atoms with Crippen molar-refractivity contribution in [2.24, 2.45) is 5.73 Å². The van der Waals surface area contributed by atoms with Crippen molar-refractivity contribution in [1.82, 2.24) is 9.38 Å². The van der Waals surface area contributed by atoms with Crippen LogP contribution in [0.3, 0.4) is 0 Å². The molecule has 0 amide bonds. The summed E-state index contributed by atoms with van der Waals surface area (Å²) in [4.78, 5) is 4.73. The SMILES string of the molecule is NCCCc1c(-c2ccccc2)nc2c(Cl)cccn12. The molecule has 0 atom stereocenters. The molecule has 3 nitrogen and oxygen atoms in total. The molecule has 0 unspecified atom stereocenters. The molecule has 2 N–H and O–H groups in total. The maximum Gasteiger partial charge on any atom is 0.156 e. The Hall–Kier alpha value is -1.84. The van der Waals surface area contributed by atoms with Gasteiger partial charge in [-0.1, -0.05) is 41.9 Å². The zero-order valence-corrected chi connectivity index (χ0v) is 11.8. The van der Waals surface area contributed by atoms with Gasteiger partial charge in [0.1, 0.15) is 0 Å². The van der Waals surface area contributed by atoms with Gasteiger partial charge in [0.05, 0.1) is 16.4 Å². The predicted octanol–water partition coefficient (Wildman–Crippen LogP) is 3.55. The average Bonchev–Trinajstić information content (AvgIpc) is 2.86. The summed E-state index contributed by atoms with van der Waals surface area (Å²) in [6.07, 6.45) is 3.83. The zero-order chi connectivity index (χ0) is 13.9. The summed E-state index contributed by atoms with van der Waals surface area (Å²) in [6, 6.07) is 14.0. The molecule has 2 aromatic heterocycles. The quantitative estimate of drug-likeness (QED) is 0.797. The summed E-state index contributed by atoms with van der Waals surface area (Å²) in [6.45, 7) is 0.669. The van der Waals surface area contributed by atoms with Crippen LogP contribution in [0, 0.1) is 0 Å². The Bertz CT molecular complexity index is 719. The standard InChI is InChI=1S/C16H16ClN3/c17-13-8-5-11-20-14(9-4-10-18)15(19-16(13)20)12-6-2-1-3-7-12/h1-3,5-8,11H,4,9-10,18H2. The normalized spacial score (nSPS) is 11.1. The van der Waals surface area contributed by atoms with Crippen molar-refractivity contribution in [1.29, 1.82) is 0 Å². The van der Waals surface area contributed by atoms with Crippen LogP contribution in [0.2, 0.25) is 5.02 Å². The summed E-state index contributed by atoms with van der Waals surface area (Å²) in [7, 11) is 0. The van der Waals surface area contributed by atoms with E-state index in [1.54, 1.807) is 0 Å². The number of hydrogen-bond donors (Lipinski definition) is 1. The number of rotatable bonds is 4. The molecule has 0 fully saturated rings. The van der Waals surface area contributed by atoms with Crippen LogP contribution in [0.5, 0.6) is 0 Å². The van der Waals surface area contributed by atoms with Gasteiger partial charge in [-0.25, -0.2) is 4.98 Å². The number of aromatic nitrogens is 2. The maximum atomic E-state index is 6.26. The molecule has 1 aromatic carbocycles. The van der Waals surface area contributed by atoms with E-state index < -0.39 is 0 Å². The minimum absolute atomic E-state index is 0.669. The summed E-state index contributed by atoms with van der Waals surface area (Å²) in [5, 5.41) is 0.670. The van der Waals surface area contributed by atoms with Crippen LogP contribution in [0.25, 0.3) is 16.9 Å². The van der Waals surface area contributed by atoms with E-state index in [-0.39, 0.29) is 0 Å². The highest BCUT2D eigenvalue weighted by molar-refractivity contribution is 6.33. The number of aryl methyl sites for hydroxylation is 1. The monoisotopic (exact) mass is 285 g/mol. The molecule has 2 heterocycles. The Morgan fingerprint density at radius 1 is 1.10 bits per heavy atom. The van der Waals surface area contributed by atoms with Crippen molar-refractivity contribution in [2.75, 3.05) is 6.54 Å². The fourth-order valence-corrected chi connectivity index (χ4v) is 2.62. The topological polar surface area (TPSA) is 43.3 Å². The lowest BCUT2D eigenvalue weighted by Gasteiger charge is -2.04. The third-order valence-electron chi connectivity index (χ3n) is 3.37. The molecule has 102 valence electrons. The second kappa shape index (κ2) is 5.65. The van der Waals surface area contributed by atoms with Gasteiger partial charge < -0.3 is 10.1 Å². The molecule has 0 saturated heterocycles. The second-order valence-corrected chi connectivity index (χ2v) is 5.12. The van der Waals surface area contributed by atoms with E-state index in [2.05, 4.69) is 16.5 Å². The molecule has 0 aliphatic heterocycles. The minimum atomic E-state index is 0.669. The number of pyridine rings is 1. The first kappa shape index (κ1) is 13.2. The first-order valence-corrected chi connectivity index (χ1v) is 7.10. The van der Waals surface area contributed by atoms with Gasteiger partial charge in [0, 0.05) is 11.8 Å². The molecule has 0 aliphatic rings. The summed E-state index contributed by atoms with van der Waals surface area (Å²) in [5.41, 5.74) is 9.73. The summed E-state index contributed by atoms with van der Waals surface area (Å²) in [5.74, 6) is 0. The summed E-state index contributed by atoms with van der Waals surface area (Å²) >= 11 is 6.26. The van der Waals surface area contributed by atoms with Crippen LogP contribution in [-0.4, -0.2) is 15.9 Å². The number of fused-ring (bicyclic) bond motifs is 1.